The van der Waals surface area contributed by atoms with Crippen LogP contribution in [0.25, 0.3) is 0 Å². The maximum atomic E-state index is 13.4. The van der Waals surface area contributed by atoms with E-state index in [1.54, 1.807) is 11.1 Å². The molecule has 1 saturated carbocycles. The fraction of sp³-hybridized carbons (Fsp3) is 0.593. The zero-order chi connectivity index (χ0) is 20.6. The molecule has 4 unspecified atom stereocenters. The lowest BCUT2D eigenvalue weighted by atomic mass is 9.46. The van der Waals surface area contributed by atoms with Gasteiger partial charge in [-0.15, -0.1) is 0 Å². The summed E-state index contributed by atoms with van der Waals surface area (Å²) in [6.45, 7) is 9.99. The van der Waals surface area contributed by atoms with E-state index in [1.165, 1.54) is 24.8 Å². The third kappa shape index (κ3) is 3.60. The fourth-order valence-electron chi connectivity index (χ4n) is 6.60. The van der Waals surface area contributed by atoms with Gasteiger partial charge in [0.2, 0.25) is 5.91 Å². The van der Waals surface area contributed by atoms with Crippen LogP contribution in [0.5, 0.6) is 0 Å². The molecule has 4 atom stereocenters. The quantitative estimate of drug-likeness (QED) is 0.629. The minimum Gasteiger partial charge on any atom is -0.352 e. The fourth-order valence-corrected chi connectivity index (χ4v) is 6.60. The maximum Gasteiger partial charge on any atom is 0.226 e. The molecule has 2 nitrogen and oxygen atoms in total. The van der Waals surface area contributed by atoms with Crippen LogP contribution in [0.4, 0.5) is 0 Å². The van der Waals surface area contributed by atoms with Gasteiger partial charge >= 0.3 is 0 Å². The van der Waals surface area contributed by atoms with Gasteiger partial charge in [-0.05, 0) is 66.4 Å². The van der Waals surface area contributed by atoms with E-state index in [4.69, 9.17) is 0 Å². The largest absolute Gasteiger partial charge is 0.352 e. The van der Waals surface area contributed by atoms with E-state index in [0.29, 0.717) is 24.3 Å². The molecule has 1 fully saturated rings. The Morgan fingerprint density at radius 3 is 2.66 bits per heavy atom. The summed E-state index contributed by atoms with van der Waals surface area (Å²) in [5.74, 6) is 1.94. The van der Waals surface area contributed by atoms with Crippen molar-refractivity contribution < 1.29 is 4.79 Å². The molecule has 0 radical (unpaired) electrons. The second-order valence-corrected chi connectivity index (χ2v) is 10.4. The van der Waals surface area contributed by atoms with Gasteiger partial charge in [0.15, 0.2) is 0 Å². The highest BCUT2D eigenvalue weighted by Crippen LogP contribution is 2.62. The topological polar surface area (TPSA) is 29.1 Å². The molecular formula is C27H37NO. The van der Waals surface area contributed by atoms with Crippen molar-refractivity contribution in [1.29, 1.82) is 0 Å². The molecule has 1 amide bonds. The van der Waals surface area contributed by atoms with Gasteiger partial charge in [0, 0.05) is 6.54 Å². The molecule has 2 heteroatoms. The van der Waals surface area contributed by atoms with Crippen LogP contribution in [-0.2, 0) is 11.3 Å². The van der Waals surface area contributed by atoms with E-state index in [-0.39, 0.29) is 16.7 Å². The summed E-state index contributed by atoms with van der Waals surface area (Å²) < 4.78 is 0. The molecule has 0 aliphatic heterocycles. The number of nitrogens with one attached hydrogen (secondary N) is 1. The van der Waals surface area contributed by atoms with Gasteiger partial charge in [0.1, 0.15) is 0 Å². The van der Waals surface area contributed by atoms with Crippen LogP contribution in [0.3, 0.4) is 0 Å². The number of allylic oxidation sites excluding steroid dienone is 4. The van der Waals surface area contributed by atoms with E-state index in [9.17, 15) is 4.79 Å². The number of benzene rings is 1. The Hall–Kier alpha value is -1.83. The first kappa shape index (κ1) is 20.4. The first-order valence-electron chi connectivity index (χ1n) is 11.6. The normalized spacial score (nSPS) is 34.0. The second-order valence-electron chi connectivity index (χ2n) is 10.4. The monoisotopic (exact) mass is 391 g/mol. The highest BCUT2D eigenvalue weighted by atomic mass is 16.2. The average Bonchev–Trinajstić information content (AvgIpc) is 2.72. The van der Waals surface area contributed by atoms with Crippen LogP contribution in [0.1, 0.15) is 71.8 Å². The lowest BCUT2D eigenvalue weighted by Gasteiger charge is -2.57. The van der Waals surface area contributed by atoms with E-state index < -0.39 is 0 Å². The summed E-state index contributed by atoms with van der Waals surface area (Å²) in [4.78, 5) is 13.4. The van der Waals surface area contributed by atoms with Crippen molar-refractivity contribution in [2.45, 2.75) is 72.8 Å². The molecule has 156 valence electrons. The van der Waals surface area contributed by atoms with Crippen LogP contribution in [0, 0.1) is 28.6 Å². The standard InChI is InChI=1S/C27H37NO/c1-19(2)21-11-13-23-22(17-21)12-14-24-26(23,3)15-8-16-27(24,4)25(29)28-18-20-9-6-5-7-10-20/h5-7,9-10,12,17,19,23-24H,8,11,13-16,18H2,1-4H3,(H,28,29). The van der Waals surface area contributed by atoms with E-state index >= 15 is 0 Å². The van der Waals surface area contributed by atoms with Gasteiger partial charge in [-0.2, -0.15) is 0 Å². The first-order chi connectivity index (χ1) is 13.8. The summed E-state index contributed by atoms with van der Waals surface area (Å²) in [5.41, 5.74) is 4.31. The smallest absolute Gasteiger partial charge is 0.226 e. The van der Waals surface area contributed by atoms with Crippen LogP contribution in [0.2, 0.25) is 0 Å². The predicted octanol–water partition coefficient (Wildman–Crippen LogP) is 6.44. The summed E-state index contributed by atoms with van der Waals surface area (Å²) >= 11 is 0. The van der Waals surface area contributed by atoms with Crippen molar-refractivity contribution in [2.75, 3.05) is 0 Å². The van der Waals surface area contributed by atoms with Gasteiger partial charge in [-0.3, -0.25) is 4.79 Å². The first-order valence-corrected chi connectivity index (χ1v) is 11.6. The Morgan fingerprint density at radius 2 is 1.93 bits per heavy atom. The Morgan fingerprint density at radius 1 is 1.17 bits per heavy atom. The van der Waals surface area contributed by atoms with Crippen LogP contribution < -0.4 is 5.32 Å². The lowest BCUT2D eigenvalue weighted by molar-refractivity contribution is -0.144. The Balaban J connectivity index is 1.57. The number of carbonyl (C=O) groups is 1. The molecule has 3 aliphatic rings. The van der Waals surface area contributed by atoms with Gasteiger partial charge in [0.25, 0.3) is 0 Å². The molecule has 0 heterocycles. The molecular weight excluding hydrogens is 354 g/mol. The highest BCUT2D eigenvalue weighted by molar-refractivity contribution is 5.83. The molecule has 3 aliphatic carbocycles. The second kappa shape index (κ2) is 7.78. The highest BCUT2D eigenvalue weighted by Gasteiger charge is 2.56. The Labute approximate surface area is 176 Å². The summed E-state index contributed by atoms with van der Waals surface area (Å²) in [7, 11) is 0. The van der Waals surface area contributed by atoms with E-state index in [0.717, 1.165) is 19.3 Å². The molecule has 29 heavy (non-hydrogen) atoms. The number of rotatable bonds is 4. The molecule has 1 aromatic rings. The van der Waals surface area contributed by atoms with Crippen molar-refractivity contribution in [3.05, 3.63) is 59.2 Å². The minimum absolute atomic E-state index is 0.236. The predicted molar refractivity (Wildman–Crippen MR) is 120 cm³/mol. The van der Waals surface area contributed by atoms with Crippen molar-refractivity contribution in [3.63, 3.8) is 0 Å². The van der Waals surface area contributed by atoms with Crippen molar-refractivity contribution >= 4 is 5.91 Å². The van der Waals surface area contributed by atoms with Crippen molar-refractivity contribution in [3.8, 4) is 0 Å². The molecule has 0 aromatic heterocycles. The molecule has 1 N–H and O–H groups in total. The molecule has 0 bridgehead atoms. The third-order valence-electron chi connectivity index (χ3n) is 8.39. The zero-order valence-corrected chi connectivity index (χ0v) is 18.6. The third-order valence-corrected chi connectivity index (χ3v) is 8.39. The van der Waals surface area contributed by atoms with Crippen LogP contribution in [0.15, 0.2) is 53.6 Å². The van der Waals surface area contributed by atoms with E-state index in [2.05, 4.69) is 57.3 Å². The van der Waals surface area contributed by atoms with Gasteiger partial charge in [-0.25, -0.2) is 0 Å². The molecule has 4 rings (SSSR count). The van der Waals surface area contributed by atoms with Crippen LogP contribution in [-0.4, -0.2) is 5.91 Å². The van der Waals surface area contributed by atoms with Crippen molar-refractivity contribution in [1.82, 2.24) is 5.32 Å². The maximum absolute atomic E-state index is 13.4. The molecule has 0 saturated heterocycles. The summed E-state index contributed by atoms with van der Waals surface area (Å²) in [6, 6.07) is 10.3. The molecule has 1 aromatic carbocycles. The van der Waals surface area contributed by atoms with Crippen molar-refractivity contribution in [2.24, 2.45) is 28.6 Å². The van der Waals surface area contributed by atoms with Gasteiger partial charge in [-0.1, -0.05) is 82.2 Å². The number of fused-ring (bicyclic) bond motifs is 3. The number of hydrogen-bond acceptors (Lipinski definition) is 1. The Kier molecular flexibility index (Phi) is 5.48. The number of amides is 1. The Bertz CT molecular complexity index is 820. The van der Waals surface area contributed by atoms with E-state index in [1.807, 2.05) is 18.2 Å². The SMILES string of the molecule is CC(C)C1=CC2=CCC3C(C)(C(=O)NCc4ccccc4)CCCC3(C)C2CC1. The van der Waals surface area contributed by atoms with Crippen LogP contribution >= 0.6 is 0 Å². The summed E-state index contributed by atoms with van der Waals surface area (Å²) in [5, 5.41) is 3.28. The minimum atomic E-state index is -0.272. The molecule has 0 spiro atoms. The summed E-state index contributed by atoms with van der Waals surface area (Å²) in [6.07, 6.45) is 11.9. The number of carbonyl (C=O) groups excluding carboxylic acids is 1. The lowest BCUT2D eigenvalue weighted by Crippen LogP contribution is -2.55. The zero-order valence-electron chi connectivity index (χ0n) is 18.6. The van der Waals surface area contributed by atoms with Gasteiger partial charge in [0.05, 0.1) is 5.41 Å². The van der Waals surface area contributed by atoms with Gasteiger partial charge < -0.3 is 5.32 Å². The number of hydrogen-bond donors (Lipinski definition) is 1. The average molecular weight is 392 g/mol.